The van der Waals surface area contributed by atoms with Crippen molar-refractivity contribution in [3.63, 3.8) is 0 Å². The van der Waals surface area contributed by atoms with Crippen LogP contribution in [0.1, 0.15) is 39.0 Å². The maximum atomic E-state index is 6.21. The van der Waals surface area contributed by atoms with Crippen LogP contribution in [0.5, 0.6) is 5.75 Å². The average molecular weight is 287 g/mol. The van der Waals surface area contributed by atoms with Crippen molar-refractivity contribution in [3.05, 3.63) is 30.2 Å². The largest absolute Gasteiger partial charge is 0.494 e. The Morgan fingerprint density at radius 3 is 3.05 bits per heavy atom. The van der Waals surface area contributed by atoms with E-state index in [9.17, 15) is 0 Å². The zero-order chi connectivity index (χ0) is 14.9. The average Bonchev–Trinajstić information content (AvgIpc) is 3.09. The summed E-state index contributed by atoms with van der Waals surface area (Å²) in [6.07, 6.45) is 3.11. The number of ether oxygens (including phenoxy) is 1. The van der Waals surface area contributed by atoms with E-state index in [1.807, 2.05) is 31.2 Å². The van der Waals surface area contributed by atoms with Crippen molar-refractivity contribution in [2.45, 2.75) is 44.6 Å². The van der Waals surface area contributed by atoms with Crippen LogP contribution in [-0.4, -0.2) is 22.8 Å². The maximum Gasteiger partial charge on any atom is 0.234 e. The van der Waals surface area contributed by atoms with Crippen LogP contribution < -0.4 is 10.5 Å². The molecule has 1 aliphatic rings. The Morgan fingerprint density at radius 2 is 2.33 bits per heavy atom. The molecule has 0 radical (unpaired) electrons. The molecule has 1 aromatic heterocycles. The topological polar surface area (TPSA) is 74.2 Å². The summed E-state index contributed by atoms with van der Waals surface area (Å²) in [5, 5.41) is 4.11. The maximum absolute atomic E-state index is 6.21. The molecular weight excluding hydrogens is 266 g/mol. The number of nitrogens with two attached hydrogens (primary N) is 1. The van der Waals surface area contributed by atoms with Crippen LogP contribution in [0.25, 0.3) is 11.4 Å². The Labute approximate surface area is 124 Å². The third-order valence-electron chi connectivity index (χ3n) is 4.35. The van der Waals surface area contributed by atoms with E-state index in [4.69, 9.17) is 15.0 Å². The van der Waals surface area contributed by atoms with Gasteiger partial charge in [0.25, 0.3) is 0 Å². The van der Waals surface area contributed by atoms with Crippen molar-refractivity contribution in [1.82, 2.24) is 10.1 Å². The SMILES string of the molecule is CCOc1cccc(-c2noc(C3(C)CCCC3N)n2)c1. The summed E-state index contributed by atoms with van der Waals surface area (Å²) in [7, 11) is 0. The van der Waals surface area contributed by atoms with Gasteiger partial charge in [-0.2, -0.15) is 4.98 Å². The zero-order valence-electron chi connectivity index (χ0n) is 12.5. The Kier molecular flexibility index (Phi) is 3.68. The Balaban J connectivity index is 1.90. The standard InChI is InChI=1S/C16H21N3O2/c1-3-20-12-7-4-6-11(10-12)14-18-15(21-19-14)16(2)9-5-8-13(16)17/h4,6-7,10,13H,3,5,8-9,17H2,1-2H3. The Hall–Kier alpha value is -1.88. The molecule has 3 rings (SSSR count). The molecule has 2 aromatic rings. The molecule has 0 bridgehead atoms. The molecular formula is C16H21N3O2. The summed E-state index contributed by atoms with van der Waals surface area (Å²) >= 11 is 0. The van der Waals surface area contributed by atoms with Gasteiger partial charge in [-0.3, -0.25) is 0 Å². The summed E-state index contributed by atoms with van der Waals surface area (Å²) in [5.74, 6) is 2.04. The van der Waals surface area contributed by atoms with Gasteiger partial charge >= 0.3 is 0 Å². The molecule has 0 aliphatic heterocycles. The van der Waals surface area contributed by atoms with Crippen LogP contribution in [0, 0.1) is 0 Å². The summed E-state index contributed by atoms with van der Waals surface area (Å²) in [6.45, 7) is 4.70. The molecule has 1 fully saturated rings. The fourth-order valence-corrected chi connectivity index (χ4v) is 2.92. The van der Waals surface area contributed by atoms with E-state index in [-0.39, 0.29) is 11.5 Å². The number of benzene rings is 1. The summed E-state index contributed by atoms with van der Waals surface area (Å²) in [6, 6.07) is 7.81. The highest BCUT2D eigenvalue weighted by Gasteiger charge is 2.42. The lowest BCUT2D eigenvalue weighted by atomic mass is 9.85. The van der Waals surface area contributed by atoms with Crippen molar-refractivity contribution < 1.29 is 9.26 Å². The smallest absolute Gasteiger partial charge is 0.234 e. The first-order valence-electron chi connectivity index (χ1n) is 7.46. The molecule has 0 amide bonds. The number of hydrogen-bond donors (Lipinski definition) is 1. The molecule has 2 unspecified atom stereocenters. The fraction of sp³-hybridized carbons (Fsp3) is 0.500. The first-order chi connectivity index (χ1) is 10.1. The van der Waals surface area contributed by atoms with Gasteiger partial charge in [-0.1, -0.05) is 23.7 Å². The van der Waals surface area contributed by atoms with Crippen molar-refractivity contribution >= 4 is 0 Å². The van der Waals surface area contributed by atoms with Crippen LogP contribution in [0.3, 0.4) is 0 Å². The molecule has 1 aliphatic carbocycles. The van der Waals surface area contributed by atoms with Gasteiger partial charge in [0.15, 0.2) is 0 Å². The highest BCUT2D eigenvalue weighted by atomic mass is 16.5. The predicted octanol–water partition coefficient (Wildman–Crippen LogP) is 2.90. The minimum Gasteiger partial charge on any atom is -0.494 e. The van der Waals surface area contributed by atoms with E-state index >= 15 is 0 Å². The molecule has 0 spiro atoms. The second kappa shape index (κ2) is 5.48. The second-order valence-corrected chi connectivity index (χ2v) is 5.80. The lowest BCUT2D eigenvalue weighted by Gasteiger charge is -2.23. The summed E-state index contributed by atoms with van der Waals surface area (Å²) in [4.78, 5) is 4.57. The second-order valence-electron chi connectivity index (χ2n) is 5.80. The predicted molar refractivity (Wildman–Crippen MR) is 80.1 cm³/mol. The summed E-state index contributed by atoms with van der Waals surface area (Å²) < 4.78 is 11.0. The third kappa shape index (κ3) is 2.53. The molecule has 5 heteroatoms. The Morgan fingerprint density at radius 1 is 1.48 bits per heavy atom. The van der Waals surface area contributed by atoms with Crippen molar-refractivity contribution in [1.29, 1.82) is 0 Å². The van der Waals surface area contributed by atoms with E-state index < -0.39 is 0 Å². The fourth-order valence-electron chi connectivity index (χ4n) is 2.92. The highest BCUT2D eigenvalue weighted by Crippen LogP contribution is 2.39. The molecule has 2 N–H and O–H groups in total. The lowest BCUT2D eigenvalue weighted by molar-refractivity contribution is 0.278. The third-order valence-corrected chi connectivity index (χ3v) is 4.35. The van der Waals surface area contributed by atoms with Crippen LogP contribution in [0.2, 0.25) is 0 Å². The minimum atomic E-state index is -0.206. The zero-order valence-corrected chi connectivity index (χ0v) is 12.5. The molecule has 1 aromatic carbocycles. The molecule has 1 heterocycles. The van der Waals surface area contributed by atoms with Gasteiger partial charge in [-0.25, -0.2) is 0 Å². The van der Waals surface area contributed by atoms with E-state index in [2.05, 4.69) is 17.1 Å². The van der Waals surface area contributed by atoms with E-state index in [0.717, 1.165) is 30.6 Å². The number of rotatable bonds is 4. The van der Waals surface area contributed by atoms with Gasteiger partial charge in [0.05, 0.1) is 12.0 Å². The van der Waals surface area contributed by atoms with E-state index in [1.165, 1.54) is 0 Å². The lowest BCUT2D eigenvalue weighted by Crippen LogP contribution is -2.38. The van der Waals surface area contributed by atoms with E-state index in [1.54, 1.807) is 0 Å². The van der Waals surface area contributed by atoms with E-state index in [0.29, 0.717) is 18.3 Å². The van der Waals surface area contributed by atoms with Gasteiger partial charge in [0.2, 0.25) is 11.7 Å². The molecule has 1 saturated carbocycles. The van der Waals surface area contributed by atoms with Gasteiger partial charge < -0.3 is 15.0 Å². The molecule has 0 saturated heterocycles. The summed E-state index contributed by atoms with van der Waals surface area (Å²) in [5.41, 5.74) is 6.90. The van der Waals surface area contributed by atoms with Gasteiger partial charge in [0.1, 0.15) is 5.75 Å². The Bertz CT molecular complexity index is 625. The number of hydrogen-bond acceptors (Lipinski definition) is 5. The van der Waals surface area contributed by atoms with Gasteiger partial charge in [0, 0.05) is 11.6 Å². The monoisotopic (exact) mass is 287 g/mol. The number of nitrogens with zero attached hydrogens (tertiary/aromatic N) is 2. The highest BCUT2D eigenvalue weighted by molar-refractivity contribution is 5.57. The van der Waals surface area contributed by atoms with Gasteiger partial charge in [-0.15, -0.1) is 0 Å². The molecule has 112 valence electrons. The van der Waals surface area contributed by atoms with Crippen molar-refractivity contribution in [3.8, 4) is 17.1 Å². The van der Waals surface area contributed by atoms with Crippen LogP contribution in [0.15, 0.2) is 28.8 Å². The van der Waals surface area contributed by atoms with Crippen LogP contribution in [-0.2, 0) is 5.41 Å². The first kappa shape index (κ1) is 14.1. The molecule has 21 heavy (non-hydrogen) atoms. The van der Waals surface area contributed by atoms with Gasteiger partial charge in [-0.05, 0) is 38.8 Å². The normalized spacial score (nSPS) is 25.2. The molecule has 5 nitrogen and oxygen atoms in total. The van der Waals surface area contributed by atoms with Crippen molar-refractivity contribution in [2.24, 2.45) is 5.73 Å². The van der Waals surface area contributed by atoms with Crippen LogP contribution in [0.4, 0.5) is 0 Å². The minimum absolute atomic E-state index is 0.0839. The first-order valence-corrected chi connectivity index (χ1v) is 7.46. The number of aromatic nitrogens is 2. The van der Waals surface area contributed by atoms with Crippen molar-refractivity contribution in [2.75, 3.05) is 6.61 Å². The molecule has 2 atom stereocenters. The van der Waals surface area contributed by atoms with Crippen LogP contribution >= 0.6 is 0 Å². The quantitative estimate of drug-likeness (QED) is 0.936.